The van der Waals surface area contributed by atoms with E-state index >= 15 is 0 Å². The molecule has 1 aromatic heterocycles. The van der Waals surface area contributed by atoms with Crippen LogP contribution in [0.15, 0.2) is 72.9 Å². The van der Waals surface area contributed by atoms with Crippen LogP contribution in [-0.4, -0.2) is 29.6 Å². The number of halogens is 1. The van der Waals surface area contributed by atoms with Crippen LogP contribution in [0.3, 0.4) is 0 Å². The number of pyridine rings is 1. The normalized spacial score (nSPS) is 16.1. The molecule has 0 saturated carbocycles. The number of benzene rings is 2. The Bertz CT molecular complexity index is 988. The highest BCUT2D eigenvalue weighted by Gasteiger charge is 2.35. The van der Waals surface area contributed by atoms with Crippen molar-refractivity contribution in [3.05, 3.63) is 95.6 Å². The highest BCUT2D eigenvalue weighted by molar-refractivity contribution is 5.24. The summed E-state index contributed by atoms with van der Waals surface area (Å²) in [6.45, 7) is 2.80. The Balaban J connectivity index is 1.43. The predicted octanol–water partition coefficient (Wildman–Crippen LogP) is 5.45. The molecule has 167 valence electrons. The summed E-state index contributed by atoms with van der Waals surface area (Å²) in [5.41, 5.74) is 2.96. The zero-order chi connectivity index (χ0) is 22.2. The van der Waals surface area contributed by atoms with Crippen molar-refractivity contribution in [3.63, 3.8) is 0 Å². The van der Waals surface area contributed by atoms with Crippen LogP contribution >= 0.6 is 0 Å². The third kappa shape index (κ3) is 5.72. The molecule has 5 heteroatoms. The molecule has 1 aliphatic rings. The lowest BCUT2D eigenvalue weighted by Crippen LogP contribution is -2.43. The van der Waals surface area contributed by atoms with Gasteiger partial charge in [0.1, 0.15) is 6.61 Å². The smallest absolute Gasteiger partial charge is 0.165 e. The van der Waals surface area contributed by atoms with Gasteiger partial charge < -0.3 is 4.74 Å². The summed E-state index contributed by atoms with van der Waals surface area (Å²) in [6, 6.07) is 21.0. The van der Waals surface area contributed by atoms with Crippen molar-refractivity contribution in [1.82, 2.24) is 9.88 Å². The lowest BCUT2D eigenvalue weighted by molar-refractivity contribution is 0.0425. The summed E-state index contributed by atoms with van der Waals surface area (Å²) in [5, 5.41) is 11.4. The average Bonchev–Trinajstić information content (AvgIpc) is 2.85. The van der Waals surface area contributed by atoms with Crippen LogP contribution < -0.4 is 4.74 Å². The van der Waals surface area contributed by atoms with Crippen LogP contribution in [0.25, 0.3) is 0 Å². The van der Waals surface area contributed by atoms with Crippen molar-refractivity contribution < 1.29 is 14.2 Å². The number of para-hydroxylation sites is 1. The van der Waals surface area contributed by atoms with E-state index < -0.39 is 0 Å². The Kier molecular flexibility index (Phi) is 7.51. The maximum absolute atomic E-state index is 14.1. The standard InChI is InChI=1S/C27H30FN2O2/c28-24-10-4-5-11-26(24)32-21-27(13-12-22-7-2-1-3-8-22)14-17-30(18-15-27)19-23-9-6-16-29-25(23)20-31/h1-11,16H,12-15,17-21H2. The summed E-state index contributed by atoms with van der Waals surface area (Å²) in [4.78, 5) is 6.62. The minimum absolute atomic E-state index is 0.00900. The molecule has 0 aliphatic carbocycles. The lowest BCUT2D eigenvalue weighted by atomic mass is 9.74. The SMILES string of the molecule is [O]Cc1ncccc1CN1CCC(CCc2ccccc2)(COc2ccccc2F)CC1. The van der Waals surface area contributed by atoms with Gasteiger partial charge in [-0.15, -0.1) is 0 Å². The zero-order valence-corrected chi connectivity index (χ0v) is 18.4. The molecule has 2 aromatic carbocycles. The molecule has 0 bridgehead atoms. The summed E-state index contributed by atoms with van der Waals surface area (Å²) in [5.74, 6) is 0.00864. The van der Waals surface area contributed by atoms with E-state index in [4.69, 9.17) is 4.74 Å². The molecule has 1 aliphatic heterocycles. The van der Waals surface area contributed by atoms with E-state index in [-0.39, 0.29) is 17.8 Å². The number of piperidine rings is 1. The van der Waals surface area contributed by atoms with Crippen LogP contribution in [0.2, 0.25) is 0 Å². The van der Waals surface area contributed by atoms with E-state index in [9.17, 15) is 9.50 Å². The van der Waals surface area contributed by atoms with Crippen molar-refractivity contribution in [1.29, 1.82) is 0 Å². The first kappa shape index (κ1) is 22.4. The number of hydrogen-bond acceptors (Lipinski definition) is 3. The molecular weight excluding hydrogens is 403 g/mol. The first-order chi connectivity index (χ1) is 15.7. The molecule has 3 aromatic rings. The van der Waals surface area contributed by atoms with Gasteiger partial charge in [-0.3, -0.25) is 9.88 Å². The second kappa shape index (κ2) is 10.7. The zero-order valence-electron chi connectivity index (χ0n) is 18.4. The fourth-order valence-corrected chi connectivity index (χ4v) is 4.48. The van der Waals surface area contributed by atoms with Gasteiger partial charge in [0.2, 0.25) is 0 Å². The number of hydrogen-bond donors (Lipinski definition) is 0. The molecule has 1 radical (unpaired) electrons. The number of aryl methyl sites for hydroxylation is 1. The second-order valence-electron chi connectivity index (χ2n) is 8.73. The van der Waals surface area contributed by atoms with Gasteiger partial charge in [0, 0.05) is 18.2 Å². The minimum Gasteiger partial charge on any atom is -0.490 e. The molecular formula is C27H30FN2O2. The van der Waals surface area contributed by atoms with Gasteiger partial charge in [0.15, 0.2) is 11.6 Å². The van der Waals surface area contributed by atoms with Gasteiger partial charge in [-0.1, -0.05) is 48.5 Å². The topological polar surface area (TPSA) is 45.3 Å². The van der Waals surface area contributed by atoms with Gasteiger partial charge in [-0.05, 0) is 68.1 Å². The van der Waals surface area contributed by atoms with Crippen LogP contribution in [0.4, 0.5) is 4.39 Å². The van der Waals surface area contributed by atoms with E-state index in [0.717, 1.165) is 50.9 Å². The molecule has 1 saturated heterocycles. The molecule has 32 heavy (non-hydrogen) atoms. The largest absolute Gasteiger partial charge is 0.490 e. The molecule has 2 heterocycles. The Morgan fingerprint density at radius 3 is 2.47 bits per heavy atom. The predicted molar refractivity (Wildman–Crippen MR) is 122 cm³/mol. The van der Waals surface area contributed by atoms with Crippen LogP contribution in [0, 0.1) is 11.2 Å². The Labute approximate surface area is 189 Å². The quantitative estimate of drug-likeness (QED) is 0.451. The number of rotatable bonds is 9. The summed E-state index contributed by atoms with van der Waals surface area (Å²) in [7, 11) is 0. The molecule has 0 atom stereocenters. The Hall–Kier alpha value is -2.76. The van der Waals surface area contributed by atoms with Crippen molar-refractivity contribution >= 4 is 0 Å². The lowest BCUT2D eigenvalue weighted by Gasteiger charge is -2.42. The highest BCUT2D eigenvalue weighted by Crippen LogP contribution is 2.38. The number of likely N-dealkylation sites (tertiary alicyclic amines) is 1. The summed E-state index contributed by atoms with van der Waals surface area (Å²) < 4.78 is 20.1. The number of aromatic nitrogens is 1. The van der Waals surface area contributed by atoms with Crippen LogP contribution in [0.1, 0.15) is 36.1 Å². The van der Waals surface area contributed by atoms with Gasteiger partial charge in [0.25, 0.3) is 0 Å². The monoisotopic (exact) mass is 433 g/mol. The molecule has 4 rings (SSSR count). The number of nitrogens with zero attached hydrogens (tertiary/aromatic N) is 2. The maximum Gasteiger partial charge on any atom is 0.165 e. The van der Waals surface area contributed by atoms with Crippen molar-refractivity contribution in [2.45, 2.75) is 38.8 Å². The van der Waals surface area contributed by atoms with Crippen LogP contribution in [0.5, 0.6) is 5.75 Å². The first-order valence-electron chi connectivity index (χ1n) is 11.3. The Morgan fingerprint density at radius 2 is 1.72 bits per heavy atom. The maximum atomic E-state index is 14.1. The third-order valence-electron chi connectivity index (χ3n) is 6.59. The van der Waals surface area contributed by atoms with E-state index in [1.165, 1.54) is 11.6 Å². The van der Waals surface area contributed by atoms with Crippen molar-refractivity contribution in [2.75, 3.05) is 19.7 Å². The first-order valence-corrected chi connectivity index (χ1v) is 11.3. The molecule has 4 nitrogen and oxygen atoms in total. The van der Waals surface area contributed by atoms with E-state index in [2.05, 4.69) is 34.1 Å². The van der Waals surface area contributed by atoms with Crippen LogP contribution in [-0.2, 0) is 24.7 Å². The average molecular weight is 434 g/mol. The van der Waals surface area contributed by atoms with Crippen molar-refractivity contribution in [2.24, 2.45) is 5.41 Å². The van der Waals surface area contributed by atoms with E-state index in [1.54, 1.807) is 24.4 Å². The number of ether oxygens (including phenoxy) is 1. The molecule has 1 fully saturated rings. The fraction of sp³-hybridized carbons (Fsp3) is 0.370. The van der Waals surface area contributed by atoms with E-state index in [1.807, 2.05) is 18.2 Å². The highest BCUT2D eigenvalue weighted by atomic mass is 19.1. The molecule has 0 N–H and O–H groups in total. The van der Waals surface area contributed by atoms with E-state index in [0.29, 0.717) is 18.1 Å². The van der Waals surface area contributed by atoms with Gasteiger partial charge in [0.05, 0.1) is 12.3 Å². The minimum atomic E-state index is -0.315. The fourth-order valence-electron chi connectivity index (χ4n) is 4.48. The summed E-state index contributed by atoms with van der Waals surface area (Å²) in [6.07, 6.45) is 5.60. The summed E-state index contributed by atoms with van der Waals surface area (Å²) >= 11 is 0. The molecule has 0 spiro atoms. The van der Waals surface area contributed by atoms with Gasteiger partial charge in [-0.2, -0.15) is 0 Å². The van der Waals surface area contributed by atoms with Gasteiger partial charge in [-0.25, -0.2) is 9.50 Å². The second-order valence-corrected chi connectivity index (χ2v) is 8.73. The third-order valence-corrected chi connectivity index (χ3v) is 6.59. The Morgan fingerprint density at radius 1 is 0.969 bits per heavy atom. The van der Waals surface area contributed by atoms with Crippen molar-refractivity contribution in [3.8, 4) is 5.75 Å². The van der Waals surface area contributed by atoms with Gasteiger partial charge >= 0.3 is 0 Å². The molecule has 0 unspecified atom stereocenters. The molecule has 0 amide bonds.